The zero-order valence-electron chi connectivity index (χ0n) is 6.75. The van der Waals surface area contributed by atoms with Gasteiger partial charge in [-0.25, -0.2) is 4.98 Å². The van der Waals surface area contributed by atoms with Crippen LogP contribution in [0.5, 0.6) is 0 Å². The number of ketones is 1. The summed E-state index contributed by atoms with van der Waals surface area (Å²) in [7, 11) is 0. The van der Waals surface area contributed by atoms with E-state index in [2.05, 4.69) is 9.97 Å². The van der Waals surface area contributed by atoms with Crippen molar-refractivity contribution in [3.05, 3.63) is 35.4 Å². The Kier molecular flexibility index (Phi) is 2.02. The van der Waals surface area contributed by atoms with Crippen LogP contribution in [-0.4, -0.2) is 15.8 Å². The number of allylic oxidation sites excluding steroid dienone is 4. The summed E-state index contributed by atoms with van der Waals surface area (Å²) in [6, 6.07) is 0. The topological polar surface area (TPSA) is 45.8 Å². The molecule has 1 heterocycles. The number of nitrogens with one attached hydrogen (secondary N) is 1. The van der Waals surface area contributed by atoms with Gasteiger partial charge in [-0.2, -0.15) is 0 Å². The van der Waals surface area contributed by atoms with E-state index in [0.29, 0.717) is 16.4 Å². The lowest BCUT2D eigenvalue weighted by Crippen LogP contribution is -2.06. The van der Waals surface area contributed by atoms with Crippen molar-refractivity contribution in [2.75, 3.05) is 0 Å². The first-order valence-electron chi connectivity index (χ1n) is 3.86. The van der Waals surface area contributed by atoms with Gasteiger partial charge in [-0.1, -0.05) is 11.6 Å². The number of carbonyl (C=O) groups excluding carboxylic acids is 1. The number of Topliss-reactive ketones (excluding diaryl/α,β-unsaturated/α-hetero) is 1. The fourth-order valence-electron chi connectivity index (χ4n) is 1.20. The van der Waals surface area contributed by atoms with Crippen molar-refractivity contribution in [1.82, 2.24) is 9.97 Å². The summed E-state index contributed by atoms with van der Waals surface area (Å²) < 4.78 is 0. The van der Waals surface area contributed by atoms with Gasteiger partial charge in [0.05, 0.1) is 5.57 Å². The fourth-order valence-corrected chi connectivity index (χ4v) is 1.38. The quantitative estimate of drug-likeness (QED) is 0.742. The summed E-state index contributed by atoms with van der Waals surface area (Å²) in [6.45, 7) is 0. The lowest BCUT2D eigenvalue weighted by molar-refractivity contribution is -0.113. The zero-order chi connectivity index (χ0) is 9.26. The third-order valence-electron chi connectivity index (χ3n) is 1.81. The smallest absolute Gasteiger partial charge is 0.171 e. The predicted molar refractivity (Wildman–Crippen MR) is 50.1 cm³/mol. The maximum absolute atomic E-state index is 11.4. The molecule has 1 aromatic rings. The number of aromatic amines is 1. The molecule has 0 saturated heterocycles. The van der Waals surface area contributed by atoms with Crippen molar-refractivity contribution in [2.45, 2.75) is 6.42 Å². The Labute approximate surface area is 80.1 Å². The van der Waals surface area contributed by atoms with Crippen LogP contribution in [0, 0.1) is 0 Å². The fraction of sp³-hybridized carbons (Fsp3) is 0.111. The SMILES string of the molecule is O=C1CC(Cl)=CC=C1c1ncc[nH]1. The molecule has 0 saturated carbocycles. The van der Waals surface area contributed by atoms with Crippen LogP contribution >= 0.6 is 11.6 Å². The van der Waals surface area contributed by atoms with E-state index in [1.165, 1.54) is 0 Å². The second kappa shape index (κ2) is 3.18. The molecule has 13 heavy (non-hydrogen) atoms. The Morgan fingerprint density at radius 2 is 2.31 bits per heavy atom. The number of carbonyl (C=O) groups is 1. The lowest BCUT2D eigenvalue weighted by atomic mass is 10.0. The van der Waals surface area contributed by atoms with Gasteiger partial charge in [0.15, 0.2) is 5.78 Å². The molecule has 66 valence electrons. The van der Waals surface area contributed by atoms with E-state index >= 15 is 0 Å². The van der Waals surface area contributed by atoms with Gasteiger partial charge in [-0.05, 0) is 12.2 Å². The molecule has 1 aliphatic rings. The van der Waals surface area contributed by atoms with E-state index in [-0.39, 0.29) is 12.2 Å². The summed E-state index contributed by atoms with van der Waals surface area (Å²) in [5, 5.41) is 0.570. The van der Waals surface area contributed by atoms with Crippen LogP contribution < -0.4 is 0 Å². The van der Waals surface area contributed by atoms with Crippen LogP contribution in [-0.2, 0) is 4.79 Å². The number of hydrogen-bond acceptors (Lipinski definition) is 2. The third-order valence-corrected chi connectivity index (χ3v) is 2.07. The summed E-state index contributed by atoms with van der Waals surface area (Å²) in [6.07, 6.45) is 6.98. The van der Waals surface area contributed by atoms with E-state index in [0.717, 1.165) is 0 Å². The van der Waals surface area contributed by atoms with Crippen LogP contribution in [0.3, 0.4) is 0 Å². The van der Waals surface area contributed by atoms with Gasteiger partial charge < -0.3 is 4.98 Å². The second-order valence-electron chi connectivity index (χ2n) is 2.73. The summed E-state index contributed by atoms with van der Waals surface area (Å²) in [5.41, 5.74) is 0.592. The van der Waals surface area contributed by atoms with Crippen molar-refractivity contribution in [1.29, 1.82) is 0 Å². The van der Waals surface area contributed by atoms with Gasteiger partial charge in [0.1, 0.15) is 5.82 Å². The van der Waals surface area contributed by atoms with E-state index in [4.69, 9.17) is 11.6 Å². The zero-order valence-corrected chi connectivity index (χ0v) is 7.51. The molecule has 0 spiro atoms. The molecule has 3 nitrogen and oxygen atoms in total. The molecule has 0 unspecified atom stereocenters. The minimum Gasteiger partial charge on any atom is -0.345 e. The molecule has 4 heteroatoms. The summed E-state index contributed by atoms with van der Waals surface area (Å²) in [4.78, 5) is 18.3. The van der Waals surface area contributed by atoms with Crippen LogP contribution in [0.2, 0.25) is 0 Å². The normalized spacial score (nSPS) is 16.8. The van der Waals surface area contributed by atoms with E-state index < -0.39 is 0 Å². The monoisotopic (exact) mass is 194 g/mol. The van der Waals surface area contributed by atoms with Crippen molar-refractivity contribution < 1.29 is 4.79 Å². The number of H-pyrrole nitrogens is 1. The van der Waals surface area contributed by atoms with E-state index in [9.17, 15) is 4.79 Å². The maximum Gasteiger partial charge on any atom is 0.171 e. The lowest BCUT2D eigenvalue weighted by Gasteiger charge is -2.06. The van der Waals surface area contributed by atoms with Crippen LogP contribution in [0.25, 0.3) is 5.57 Å². The molecule has 1 aliphatic carbocycles. The van der Waals surface area contributed by atoms with Crippen LogP contribution in [0.4, 0.5) is 0 Å². The minimum absolute atomic E-state index is 0.00227. The number of aromatic nitrogens is 2. The number of hydrogen-bond donors (Lipinski definition) is 1. The van der Waals surface area contributed by atoms with Gasteiger partial charge in [-0.3, -0.25) is 4.79 Å². The van der Waals surface area contributed by atoms with Gasteiger partial charge in [0.2, 0.25) is 0 Å². The van der Waals surface area contributed by atoms with Crippen molar-refractivity contribution in [3.63, 3.8) is 0 Å². The van der Waals surface area contributed by atoms with E-state index in [1.807, 2.05) is 0 Å². The number of nitrogens with zero attached hydrogens (tertiary/aromatic N) is 1. The molecule has 0 fully saturated rings. The molecule has 0 bridgehead atoms. The molecule has 0 radical (unpaired) electrons. The summed E-state index contributed by atoms with van der Waals surface area (Å²) >= 11 is 5.70. The van der Waals surface area contributed by atoms with Crippen molar-refractivity contribution in [3.8, 4) is 0 Å². The Morgan fingerprint density at radius 3 is 2.92 bits per heavy atom. The van der Waals surface area contributed by atoms with Crippen molar-refractivity contribution in [2.24, 2.45) is 0 Å². The highest BCUT2D eigenvalue weighted by molar-refractivity contribution is 6.35. The van der Waals surface area contributed by atoms with Crippen LogP contribution in [0.15, 0.2) is 29.6 Å². The Hall–Kier alpha value is -1.35. The first-order chi connectivity index (χ1) is 6.27. The molecule has 1 aromatic heterocycles. The molecule has 0 aliphatic heterocycles. The highest BCUT2D eigenvalue weighted by Gasteiger charge is 2.17. The largest absolute Gasteiger partial charge is 0.345 e. The molecular weight excluding hydrogens is 188 g/mol. The Balaban J connectivity index is 2.39. The van der Waals surface area contributed by atoms with Gasteiger partial charge >= 0.3 is 0 Å². The third kappa shape index (κ3) is 1.55. The molecule has 0 aromatic carbocycles. The Morgan fingerprint density at radius 1 is 1.46 bits per heavy atom. The van der Waals surface area contributed by atoms with E-state index in [1.54, 1.807) is 24.5 Å². The Bertz CT molecular complexity index is 390. The highest BCUT2D eigenvalue weighted by atomic mass is 35.5. The molecular formula is C9H7ClN2O. The predicted octanol–water partition coefficient (Wildman–Crippen LogP) is 1.89. The first kappa shape index (κ1) is 8.26. The maximum atomic E-state index is 11.4. The van der Waals surface area contributed by atoms with Gasteiger partial charge in [0.25, 0.3) is 0 Å². The average molecular weight is 195 g/mol. The number of rotatable bonds is 1. The highest BCUT2D eigenvalue weighted by Crippen LogP contribution is 2.22. The minimum atomic E-state index is 0.00227. The number of halogens is 1. The molecule has 2 rings (SSSR count). The van der Waals surface area contributed by atoms with Crippen LogP contribution in [0.1, 0.15) is 12.2 Å². The standard InChI is InChI=1S/C9H7ClN2O/c10-6-1-2-7(8(13)5-6)9-11-3-4-12-9/h1-4H,5H2,(H,11,12). The average Bonchev–Trinajstić information content (AvgIpc) is 2.56. The van der Waals surface area contributed by atoms with Gasteiger partial charge in [-0.15, -0.1) is 0 Å². The molecule has 0 amide bonds. The first-order valence-corrected chi connectivity index (χ1v) is 4.24. The summed E-state index contributed by atoms with van der Waals surface area (Å²) in [5.74, 6) is 0.605. The van der Waals surface area contributed by atoms with Gasteiger partial charge in [0, 0.05) is 23.8 Å². The molecule has 0 atom stereocenters. The van der Waals surface area contributed by atoms with Crippen molar-refractivity contribution >= 4 is 23.0 Å². The number of imidazole rings is 1. The molecule has 1 N–H and O–H groups in total. The second-order valence-corrected chi connectivity index (χ2v) is 3.22.